The number of carbonyl (C=O) groups is 4. The van der Waals surface area contributed by atoms with Crippen molar-refractivity contribution in [3.05, 3.63) is 108 Å². The minimum Gasteiger partial charge on any atom is -0.391 e. The van der Waals surface area contributed by atoms with Crippen molar-refractivity contribution in [2.75, 3.05) is 0 Å². The average Bonchev–Trinajstić information content (AvgIpc) is 3.04. The molecule has 2 unspecified atom stereocenters. The molecule has 49 heavy (non-hydrogen) atoms. The molecule has 0 bridgehead atoms. The number of carbonyl (C=O) groups excluding carboxylic acids is 4. The Hall–Kier alpha value is -4.34. The fourth-order valence-corrected chi connectivity index (χ4v) is 5.74. The Morgan fingerprint density at radius 1 is 0.653 bits per heavy atom. The van der Waals surface area contributed by atoms with E-state index in [-0.39, 0.29) is 42.9 Å². The second-order valence-corrected chi connectivity index (χ2v) is 14.6. The Morgan fingerprint density at radius 2 is 1.14 bits per heavy atom. The maximum Gasteiger partial charge on any atom is 0.249 e. The van der Waals surface area contributed by atoms with Gasteiger partial charge in [0.25, 0.3) is 0 Å². The summed E-state index contributed by atoms with van der Waals surface area (Å²) in [5.41, 5.74) is 8.75. The molecule has 0 aliphatic heterocycles. The monoisotopic (exact) mass is 670 g/mol. The van der Waals surface area contributed by atoms with Crippen molar-refractivity contribution in [1.82, 2.24) is 16.0 Å². The van der Waals surface area contributed by atoms with Gasteiger partial charge in [0.1, 0.15) is 12.1 Å². The Bertz CT molecular complexity index is 1470. The van der Waals surface area contributed by atoms with Crippen LogP contribution in [0, 0.1) is 17.3 Å². The van der Waals surface area contributed by atoms with Crippen LogP contribution >= 0.6 is 0 Å². The zero-order valence-electron chi connectivity index (χ0n) is 29.5. The average molecular weight is 671 g/mol. The predicted molar refractivity (Wildman–Crippen MR) is 193 cm³/mol. The number of nitrogens with one attached hydrogen (secondary N) is 3. The highest BCUT2D eigenvalue weighted by Gasteiger charge is 2.32. The van der Waals surface area contributed by atoms with Gasteiger partial charge in [-0.2, -0.15) is 0 Å². The van der Waals surface area contributed by atoms with E-state index in [1.807, 2.05) is 126 Å². The van der Waals surface area contributed by atoms with Gasteiger partial charge in [-0.25, -0.2) is 0 Å². The molecule has 3 aromatic rings. The lowest BCUT2D eigenvalue weighted by molar-refractivity contribution is -0.137. The number of benzene rings is 3. The zero-order chi connectivity index (χ0) is 36.0. The molecule has 0 heterocycles. The van der Waals surface area contributed by atoms with E-state index in [2.05, 4.69) is 16.0 Å². The maximum absolute atomic E-state index is 13.8. The van der Waals surface area contributed by atoms with Crippen molar-refractivity contribution in [2.45, 2.75) is 97.4 Å². The van der Waals surface area contributed by atoms with Crippen LogP contribution in [0.15, 0.2) is 91.0 Å². The first-order chi connectivity index (χ1) is 23.2. The van der Waals surface area contributed by atoms with E-state index in [4.69, 9.17) is 5.73 Å². The number of aliphatic hydroxyl groups excluding tert-OH is 1. The number of hydrogen-bond donors (Lipinski definition) is 5. The minimum absolute atomic E-state index is 0.0357. The van der Waals surface area contributed by atoms with Gasteiger partial charge >= 0.3 is 0 Å². The number of imide groups is 1. The lowest BCUT2D eigenvalue weighted by atomic mass is 9.89. The van der Waals surface area contributed by atoms with E-state index in [9.17, 15) is 24.3 Å². The summed E-state index contributed by atoms with van der Waals surface area (Å²) in [6.45, 7) is 9.75. The minimum atomic E-state index is -1.10. The third-order valence-electron chi connectivity index (χ3n) is 8.24. The van der Waals surface area contributed by atoms with Crippen LogP contribution in [-0.4, -0.2) is 53.0 Å². The number of amides is 4. The maximum atomic E-state index is 13.8. The highest BCUT2D eigenvalue weighted by atomic mass is 16.3. The number of rotatable bonds is 17. The first kappa shape index (κ1) is 39.1. The Labute approximate surface area is 291 Å². The van der Waals surface area contributed by atoms with Crippen LogP contribution < -0.4 is 21.7 Å². The molecule has 0 saturated carbocycles. The van der Waals surface area contributed by atoms with Crippen molar-refractivity contribution >= 4 is 23.6 Å². The van der Waals surface area contributed by atoms with Gasteiger partial charge in [0.05, 0.1) is 6.10 Å². The lowest BCUT2D eigenvalue weighted by Gasteiger charge is -2.27. The van der Waals surface area contributed by atoms with Crippen LogP contribution in [0.25, 0.3) is 0 Å². The third kappa shape index (κ3) is 14.4. The summed E-state index contributed by atoms with van der Waals surface area (Å²) in [7, 11) is 0. The zero-order valence-corrected chi connectivity index (χ0v) is 29.5. The van der Waals surface area contributed by atoms with Gasteiger partial charge in [-0.1, -0.05) is 126 Å². The molecule has 0 aromatic heterocycles. The molecule has 3 aromatic carbocycles. The Morgan fingerprint density at radius 3 is 1.63 bits per heavy atom. The van der Waals surface area contributed by atoms with E-state index >= 15 is 0 Å². The van der Waals surface area contributed by atoms with Gasteiger partial charge in [0, 0.05) is 24.8 Å². The molecule has 0 spiro atoms. The third-order valence-corrected chi connectivity index (χ3v) is 8.24. The van der Waals surface area contributed by atoms with Gasteiger partial charge in [-0.05, 0) is 53.7 Å². The first-order valence-corrected chi connectivity index (χ1v) is 17.2. The molecule has 0 aliphatic rings. The van der Waals surface area contributed by atoms with E-state index < -0.39 is 47.9 Å². The van der Waals surface area contributed by atoms with Crippen molar-refractivity contribution < 1.29 is 24.3 Å². The topological polar surface area (TPSA) is 151 Å². The molecular formula is C40H54N4O5. The van der Waals surface area contributed by atoms with E-state index in [0.29, 0.717) is 12.8 Å². The second-order valence-electron chi connectivity index (χ2n) is 14.6. The highest BCUT2D eigenvalue weighted by molar-refractivity contribution is 6.01. The summed E-state index contributed by atoms with van der Waals surface area (Å²) >= 11 is 0. The number of aliphatic hydroxyl groups is 1. The van der Waals surface area contributed by atoms with Gasteiger partial charge < -0.3 is 21.5 Å². The molecule has 9 heteroatoms. The largest absolute Gasteiger partial charge is 0.391 e. The normalized spacial score (nSPS) is 14.6. The quantitative estimate of drug-likeness (QED) is 0.143. The fraction of sp³-hybridized carbons (Fsp3) is 0.450. The summed E-state index contributed by atoms with van der Waals surface area (Å²) in [5, 5.41) is 19.4. The van der Waals surface area contributed by atoms with Gasteiger partial charge in [0.15, 0.2) is 0 Å². The summed E-state index contributed by atoms with van der Waals surface area (Å²) in [6, 6.07) is 25.6. The van der Waals surface area contributed by atoms with Crippen LogP contribution in [0.1, 0.15) is 70.6 Å². The molecule has 9 nitrogen and oxygen atoms in total. The first-order valence-electron chi connectivity index (χ1n) is 17.2. The Kier molecular flexibility index (Phi) is 15.2. The molecule has 6 N–H and O–H groups in total. The highest BCUT2D eigenvalue weighted by Crippen LogP contribution is 2.20. The summed E-state index contributed by atoms with van der Waals surface area (Å²) in [4.78, 5) is 54.2. The number of nitrogens with two attached hydrogens (primary N) is 1. The van der Waals surface area contributed by atoms with Crippen LogP contribution in [0.4, 0.5) is 0 Å². The molecule has 264 valence electrons. The van der Waals surface area contributed by atoms with E-state index in [1.54, 1.807) is 0 Å². The molecule has 5 atom stereocenters. The standard InChI is InChI=1S/C40H54N4O5/c1-27(2)21-33(42-36(46)26-40(3,4)5)38(48)43-34(24-30-19-13-8-14-20-30)39(49)44-37(47)31(22-28-15-9-6-10-16-28)25-35(45)32(41)23-29-17-11-7-12-18-29/h6-20,27,31-35,45H,21-26,41H2,1-5H3,(H,42,46)(H,43,48)(H,44,47,49)/t31-,32+,33?,34?,35+/m1/s1. The molecule has 0 radical (unpaired) electrons. The molecule has 0 fully saturated rings. The smallest absolute Gasteiger partial charge is 0.249 e. The summed E-state index contributed by atoms with van der Waals surface area (Å²) < 4.78 is 0. The van der Waals surface area contributed by atoms with E-state index in [1.165, 1.54) is 0 Å². The molecular weight excluding hydrogens is 616 g/mol. The van der Waals surface area contributed by atoms with Crippen molar-refractivity contribution in [1.29, 1.82) is 0 Å². The predicted octanol–water partition coefficient (Wildman–Crippen LogP) is 4.50. The van der Waals surface area contributed by atoms with Gasteiger partial charge in [0.2, 0.25) is 23.6 Å². The fourth-order valence-electron chi connectivity index (χ4n) is 5.74. The van der Waals surface area contributed by atoms with Gasteiger partial charge in [-0.15, -0.1) is 0 Å². The molecule has 0 aliphatic carbocycles. The van der Waals surface area contributed by atoms with Crippen molar-refractivity contribution in [3.63, 3.8) is 0 Å². The molecule has 0 saturated heterocycles. The molecule has 4 amide bonds. The SMILES string of the molecule is CC(C)CC(NC(=O)CC(C)(C)C)C(=O)NC(Cc1ccccc1)C(=O)NC(=O)[C@H](Cc1ccccc1)C[C@H](O)[C@@H](N)Cc1ccccc1. The number of hydrogen-bond acceptors (Lipinski definition) is 6. The van der Waals surface area contributed by atoms with Crippen LogP contribution in [-0.2, 0) is 38.4 Å². The summed E-state index contributed by atoms with van der Waals surface area (Å²) in [6.07, 6.45) is 0.471. The van der Waals surface area contributed by atoms with Crippen LogP contribution in [0.2, 0.25) is 0 Å². The Balaban J connectivity index is 1.81. The second kappa shape index (κ2) is 19.0. The van der Waals surface area contributed by atoms with Crippen LogP contribution in [0.5, 0.6) is 0 Å². The van der Waals surface area contributed by atoms with Crippen LogP contribution in [0.3, 0.4) is 0 Å². The molecule has 3 rings (SSSR count). The van der Waals surface area contributed by atoms with Gasteiger partial charge in [-0.3, -0.25) is 24.5 Å². The lowest BCUT2D eigenvalue weighted by Crippen LogP contribution is -2.56. The summed E-state index contributed by atoms with van der Waals surface area (Å²) in [5.74, 6) is -2.67. The van der Waals surface area contributed by atoms with Crippen molar-refractivity contribution in [3.8, 4) is 0 Å². The van der Waals surface area contributed by atoms with Crippen molar-refractivity contribution in [2.24, 2.45) is 23.0 Å². The van der Waals surface area contributed by atoms with E-state index in [0.717, 1.165) is 16.7 Å².